The summed E-state index contributed by atoms with van der Waals surface area (Å²) < 4.78 is 34.1. The molecular formula is C20H14Cl2O6P2. The molecular weight excluding hydrogens is 469 g/mol. The minimum absolute atomic E-state index is 0.0121. The molecule has 10 heteroatoms. The fraction of sp³-hybridized carbons (Fsp3) is 0. The maximum atomic E-state index is 11.8. The predicted molar refractivity (Wildman–Crippen MR) is 120 cm³/mol. The van der Waals surface area contributed by atoms with E-state index in [1.165, 1.54) is 12.1 Å². The van der Waals surface area contributed by atoms with Crippen molar-refractivity contribution >= 4 is 57.9 Å². The molecule has 0 aliphatic heterocycles. The van der Waals surface area contributed by atoms with Crippen LogP contribution in [0.1, 0.15) is 0 Å². The van der Waals surface area contributed by atoms with Gasteiger partial charge in [-0.2, -0.15) is 0 Å². The Morgan fingerprint density at radius 3 is 1.33 bits per heavy atom. The minimum atomic E-state index is -4.43. The molecule has 30 heavy (non-hydrogen) atoms. The lowest BCUT2D eigenvalue weighted by molar-refractivity contribution is 0.398. The molecule has 0 fully saturated rings. The summed E-state index contributed by atoms with van der Waals surface area (Å²) in [5, 5.41) is 2.92. The Hall–Kier alpha value is -2.04. The fourth-order valence-corrected chi connectivity index (χ4v) is 4.65. The summed E-state index contributed by atoms with van der Waals surface area (Å²) in [6.45, 7) is -8.86. The highest BCUT2D eigenvalue weighted by Crippen LogP contribution is 2.56. The van der Waals surface area contributed by atoms with Gasteiger partial charge in [0.25, 0.3) is 0 Å². The number of hydrogen-bond acceptors (Lipinski definition) is 4. The third kappa shape index (κ3) is 4.50. The van der Waals surface area contributed by atoms with E-state index >= 15 is 0 Å². The van der Waals surface area contributed by atoms with Gasteiger partial charge in [0, 0.05) is 33.6 Å². The predicted octanol–water partition coefficient (Wildman–Crippen LogP) is 7.10. The quantitative estimate of drug-likeness (QED) is 0.294. The van der Waals surface area contributed by atoms with Crippen LogP contribution in [0.15, 0.2) is 72.8 Å². The van der Waals surface area contributed by atoms with E-state index in [-0.39, 0.29) is 11.5 Å². The van der Waals surface area contributed by atoms with Gasteiger partial charge in [0.1, 0.15) is 11.5 Å². The molecule has 0 amide bonds. The maximum Gasteiger partial charge on any atom is 0.474 e. The second kappa shape index (κ2) is 7.90. The van der Waals surface area contributed by atoms with Gasteiger partial charge in [-0.1, -0.05) is 60.7 Å². The van der Waals surface area contributed by atoms with Crippen LogP contribution >= 0.6 is 36.4 Å². The van der Waals surface area contributed by atoms with E-state index in [0.29, 0.717) is 21.9 Å². The zero-order valence-corrected chi connectivity index (χ0v) is 18.4. The van der Waals surface area contributed by atoms with Crippen LogP contribution < -0.4 is 9.05 Å². The van der Waals surface area contributed by atoms with Crippen LogP contribution in [-0.4, -0.2) is 9.79 Å². The first kappa shape index (κ1) is 21.2. The van der Waals surface area contributed by atoms with Crippen molar-refractivity contribution in [2.45, 2.75) is 0 Å². The molecule has 0 spiro atoms. The van der Waals surface area contributed by atoms with E-state index in [1.807, 2.05) is 24.3 Å². The third-order valence-corrected chi connectivity index (χ3v) is 5.71. The van der Waals surface area contributed by atoms with E-state index in [0.717, 1.165) is 10.8 Å². The van der Waals surface area contributed by atoms with Crippen LogP contribution in [0.3, 0.4) is 0 Å². The maximum absolute atomic E-state index is 11.8. The second-order valence-corrected chi connectivity index (χ2v) is 11.1. The van der Waals surface area contributed by atoms with Crippen molar-refractivity contribution in [2.24, 2.45) is 0 Å². The van der Waals surface area contributed by atoms with Crippen LogP contribution in [0.2, 0.25) is 0 Å². The van der Waals surface area contributed by atoms with Gasteiger partial charge >= 0.3 is 13.9 Å². The van der Waals surface area contributed by atoms with Gasteiger partial charge in [-0.25, -0.2) is 9.13 Å². The first-order valence-electron chi connectivity index (χ1n) is 8.60. The Labute approximate surface area is 181 Å². The van der Waals surface area contributed by atoms with Crippen molar-refractivity contribution in [3.8, 4) is 22.6 Å². The zero-order valence-electron chi connectivity index (χ0n) is 15.1. The molecule has 0 aliphatic rings. The number of benzene rings is 4. The minimum Gasteiger partial charge on any atom is -0.413 e. The number of rotatable bonds is 5. The molecule has 4 aromatic carbocycles. The van der Waals surface area contributed by atoms with E-state index < -0.39 is 13.9 Å². The molecule has 0 radical (unpaired) electrons. The smallest absolute Gasteiger partial charge is 0.413 e. The van der Waals surface area contributed by atoms with Crippen molar-refractivity contribution < 1.29 is 28.0 Å². The Morgan fingerprint density at radius 2 is 0.967 bits per heavy atom. The molecule has 0 saturated heterocycles. The van der Waals surface area contributed by atoms with Crippen LogP contribution in [0.5, 0.6) is 11.5 Å². The Kier molecular flexibility index (Phi) is 5.58. The van der Waals surface area contributed by atoms with Crippen LogP contribution in [0.4, 0.5) is 0 Å². The van der Waals surface area contributed by atoms with Gasteiger partial charge in [0.15, 0.2) is 0 Å². The Balaban J connectivity index is 2.16. The largest absolute Gasteiger partial charge is 0.474 e. The summed E-state index contributed by atoms with van der Waals surface area (Å²) in [4.78, 5) is 19.3. The highest BCUT2D eigenvalue weighted by atomic mass is 35.7. The summed E-state index contributed by atoms with van der Waals surface area (Å²) in [5.74, 6) is 0.0242. The summed E-state index contributed by atoms with van der Waals surface area (Å²) in [7, 11) is 0. The molecule has 4 rings (SSSR count). The topological polar surface area (TPSA) is 93.1 Å². The molecule has 0 saturated carbocycles. The SMILES string of the molecule is O=P(O)(Cl)Oc1ccc2ccccc2c1-c1c(OP(=O)(O)Cl)ccc2ccccc12. The molecule has 2 atom stereocenters. The van der Waals surface area contributed by atoms with Gasteiger partial charge in [-0.15, -0.1) is 0 Å². The molecule has 6 nitrogen and oxygen atoms in total. The average molecular weight is 483 g/mol. The molecule has 4 aromatic rings. The first-order chi connectivity index (χ1) is 14.1. The van der Waals surface area contributed by atoms with Gasteiger partial charge < -0.3 is 18.8 Å². The average Bonchev–Trinajstić information content (AvgIpc) is 2.66. The lowest BCUT2D eigenvalue weighted by Crippen LogP contribution is -1.96. The van der Waals surface area contributed by atoms with Crippen molar-refractivity contribution in [2.75, 3.05) is 0 Å². The monoisotopic (exact) mass is 482 g/mol. The van der Waals surface area contributed by atoms with Crippen molar-refractivity contribution in [3.05, 3.63) is 72.8 Å². The molecule has 0 aliphatic carbocycles. The molecule has 2 N–H and O–H groups in total. The van der Waals surface area contributed by atoms with Crippen LogP contribution in [0, 0.1) is 0 Å². The van der Waals surface area contributed by atoms with E-state index in [1.54, 1.807) is 36.4 Å². The lowest BCUT2D eigenvalue weighted by Gasteiger charge is -2.19. The van der Waals surface area contributed by atoms with Gasteiger partial charge in [0.05, 0.1) is 0 Å². The third-order valence-electron chi connectivity index (χ3n) is 4.45. The fourth-order valence-electron chi connectivity index (χ4n) is 3.41. The van der Waals surface area contributed by atoms with Crippen molar-refractivity contribution in [3.63, 3.8) is 0 Å². The Morgan fingerprint density at radius 1 is 0.600 bits per heavy atom. The number of fused-ring (bicyclic) bond motifs is 2. The highest BCUT2D eigenvalue weighted by Gasteiger charge is 2.26. The summed E-state index contributed by atoms with van der Waals surface area (Å²) in [6.07, 6.45) is 0. The molecule has 154 valence electrons. The number of hydrogen-bond donors (Lipinski definition) is 2. The van der Waals surface area contributed by atoms with Crippen LogP contribution in [0.25, 0.3) is 32.7 Å². The van der Waals surface area contributed by atoms with Crippen molar-refractivity contribution in [1.82, 2.24) is 0 Å². The van der Waals surface area contributed by atoms with Gasteiger partial charge in [-0.3, -0.25) is 0 Å². The van der Waals surface area contributed by atoms with Crippen molar-refractivity contribution in [1.29, 1.82) is 0 Å². The van der Waals surface area contributed by atoms with E-state index in [4.69, 9.17) is 31.5 Å². The second-order valence-electron chi connectivity index (χ2n) is 6.41. The van der Waals surface area contributed by atoms with E-state index in [2.05, 4.69) is 0 Å². The zero-order chi connectivity index (χ0) is 21.5. The summed E-state index contributed by atoms with van der Waals surface area (Å²) in [6, 6.07) is 21.0. The number of halogens is 2. The molecule has 2 unspecified atom stereocenters. The summed E-state index contributed by atoms with van der Waals surface area (Å²) >= 11 is 11.0. The first-order valence-corrected chi connectivity index (χ1v) is 13.6. The Bertz CT molecular complexity index is 1260. The lowest BCUT2D eigenvalue weighted by atomic mass is 9.92. The summed E-state index contributed by atoms with van der Waals surface area (Å²) in [5.41, 5.74) is 0.750. The van der Waals surface area contributed by atoms with Gasteiger partial charge in [0.2, 0.25) is 0 Å². The standard InChI is InChI=1S/C20H14Cl2O6P2/c21-29(23,24)27-17-11-9-13-5-1-3-7-15(13)19(17)20-16-8-4-2-6-14(16)10-12-18(20)28-30(22,25)26/h1-12H,(H,23,24)(H,25,26). The normalized spacial score (nSPS) is 15.5. The molecule has 0 heterocycles. The van der Waals surface area contributed by atoms with Gasteiger partial charge in [-0.05, 0) is 33.7 Å². The molecule has 0 bridgehead atoms. The van der Waals surface area contributed by atoms with E-state index in [9.17, 15) is 18.9 Å². The molecule has 0 aromatic heterocycles. The van der Waals surface area contributed by atoms with Crippen LogP contribution in [-0.2, 0) is 9.13 Å². The highest BCUT2D eigenvalue weighted by molar-refractivity contribution is 7.81.